The fourth-order valence-corrected chi connectivity index (χ4v) is 7.79. The van der Waals surface area contributed by atoms with Crippen LogP contribution in [-0.2, 0) is 18.3 Å². The van der Waals surface area contributed by atoms with E-state index in [2.05, 4.69) is 24.0 Å². The summed E-state index contributed by atoms with van der Waals surface area (Å²) in [6.07, 6.45) is 4.13. The van der Waals surface area contributed by atoms with Crippen molar-refractivity contribution in [1.29, 1.82) is 0 Å². The molecule has 1 saturated carbocycles. The van der Waals surface area contributed by atoms with Gasteiger partial charge in [0.15, 0.2) is 17.6 Å². The first-order valence-electron chi connectivity index (χ1n) is 12.6. The molecule has 1 saturated heterocycles. The molecule has 3 aromatic rings. The first-order valence-corrected chi connectivity index (χ1v) is 12.6. The van der Waals surface area contributed by atoms with E-state index in [9.17, 15) is 10.2 Å². The lowest BCUT2D eigenvalue weighted by atomic mass is 9.48. The molecule has 8 rings (SSSR count). The third kappa shape index (κ3) is 2.13. The summed E-state index contributed by atoms with van der Waals surface area (Å²) < 4.78 is 6.62. The molecule has 5 aliphatic rings. The van der Waals surface area contributed by atoms with Gasteiger partial charge in [-0.2, -0.15) is 0 Å². The summed E-state index contributed by atoms with van der Waals surface area (Å²) in [6, 6.07) is 9.95. The van der Waals surface area contributed by atoms with Crippen LogP contribution in [0.4, 0.5) is 5.69 Å². The normalized spacial score (nSPS) is 32.9. The maximum absolute atomic E-state index is 12.8. The third-order valence-corrected chi connectivity index (χ3v) is 9.53. The number of nitrogens with two attached hydrogens (primary N) is 1. The second kappa shape index (κ2) is 6.04. The Morgan fingerprint density at radius 3 is 2.91 bits per heavy atom. The number of aromatic nitrogens is 1. The molecule has 2 fully saturated rings. The van der Waals surface area contributed by atoms with E-state index in [4.69, 9.17) is 15.5 Å². The van der Waals surface area contributed by atoms with Crippen molar-refractivity contribution < 1.29 is 14.9 Å². The molecule has 3 aliphatic carbocycles. The number of aliphatic hydroxyl groups is 1. The number of hydrogen-bond donors (Lipinski definition) is 3. The average molecular weight is 456 g/mol. The van der Waals surface area contributed by atoms with Crippen LogP contribution in [0.2, 0.25) is 0 Å². The molecule has 2 aliphatic heterocycles. The fraction of sp³-hybridized carbons (Fsp3) is 0.464. The lowest BCUT2D eigenvalue weighted by molar-refractivity contribution is -0.173. The highest BCUT2D eigenvalue weighted by Crippen LogP contribution is 2.69. The molecule has 0 radical (unpaired) electrons. The zero-order chi connectivity index (χ0) is 23.0. The molecule has 34 heavy (non-hydrogen) atoms. The average Bonchev–Trinajstić information content (AvgIpc) is 3.55. The van der Waals surface area contributed by atoms with Gasteiger partial charge in [0.25, 0.3) is 0 Å². The molecule has 3 heterocycles. The van der Waals surface area contributed by atoms with Crippen molar-refractivity contribution in [3.8, 4) is 11.5 Å². The van der Waals surface area contributed by atoms with Crippen LogP contribution in [0.25, 0.3) is 10.9 Å². The minimum Gasteiger partial charge on any atom is -0.504 e. The van der Waals surface area contributed by atoms with Crippen LogP contribution in [0, 0.1) is 12.8 Å². The lowest BCUT2D eigenvalue weighted by Gasteiger charge is -2.63. The van der Waals surface area contributed by atoms with Gasteiger partial charge in [-0.05, 0) is 68.3 Å². The van der Waals surface area contributed by atoms with E-state index in [0.29, 0.717) is 17.9 Å². The molecule has 6 heteroatoms. The number of aromatic hydroxyl groups is 1. The molecule has 4 N–H and O–H groups in total. The monoisotopic (exact) mass is 455 g/mol. The van der Waals surface area contributed by atoms with Gasteiger partial charge in [0.05, 0.1) is 22.2 Å². The van der Waals surface area contributed by atoms with Crippen molar-refractivity contribution in [2.45, 2.75) is 62.2 Å². The number of likely N-dealkylation sites (tertiary alicyclic amines) is 1. The van der Waals surface area contributed by atoms with Gasteiger partial charge in [-0.1, -0.05) is 18.2 Å². The van der Waals surface area contributed by atoms with Crippen LogP contribution < -0.4 is 10.5 Å². The van der Waals surface area contributed by atoms with Crippen molar-refractivity contribution in [1.82, 2.24) is 9.88 Å². The predicted octanol–water partition coefficient (Wildman–Crippen LogP) is 3.53. The van der Waals surface area contributed by atoms with Crippen molar-refractivity contribution >= 4 is 16.6 Å². The second-order valence-electron chi connectivity index (χ2n) is 11.3. The van der Waals surface area contributed by atoms with Crippen molar-refractivity contribution in [3.05, 3.63) is 58.3 Å². The number of rotatable bonds is 2. The van der Waals surface area contributed by atoms with Gasteiger partial charge in [0, 0.05) is 41.2 Å². The van der Waals surface area contributed by atoms with Gasteiger partial charge < -0.3 is 20.7 Å². The Bertz CT molecular complexity index is 1420. The van der Waals surface area contributed by atoms with Crippen LogP contribution in [0.3, 0.4) is 0 Å². The van der Waals surface area contributed by atoms with E-state index in [1.165, 1.54) is 18.4 Å². The number of phenolic OH excluding ortho intramolecular Hbond substituents is 1. The van der Waals surface area contributed by atoms with Crippen molar-refractivity contribution in [2.75, 3.05) is 18.8 Å². The van der Waals surface area contributed by atoms with Crippen LogP contribution >= 0.6 is 0 Å². The third-order valence-electron chi connectivity index (χ3n) is 9.53. The van der Waals surface area contributed by atoms with Gasteiger partial charge >= 0.3 is 0 Å². The number of pyridine rings is 1. The Morgan fingerprint density at radius 1 is 1.24 bits per heavy atom. The molecule has 4 atom stereocenters. The molecular weight excluding hydrogens is 426 g/mol. The molecule has 1 aromatic heterocycles. The largest absolute Gasteiger partial charge is 0.504 e. The number of fused-ring (bicyclic) bond motifs is 3. The number of ether oxygens (including phenoxy) is 1. The van der Waals surface area contributed by atoms with Crippen LogP contribution in [0.1, 0.15) is 53.3 Å². The van der Waals surface area contributed by atoms with Crippen molar-refractivity contribution in [3.63, 3.8) is 0 Å². The number of phenols is 1. The van der Waals surface area contributed by atoms with E-state index in [1.54, 1.807) is 6.07 Å². The summed E-state index contributed by atoms with van der Waals surface area (Å²) >= 11 is 0. The van der Waals surface area contributed by atoms with E-state index in [1.807, 2.05) is 12.1 Å². The minimum absolute atomic E-state index is 0.00259. The maximum atomic E-state index is 12.8. The summed E-state index contributed by atoms with van der Waals surface area (Å²) in [5.41, 5.74) is 11.8. The molecule has 0 unspecified atom stereocenters. The molecule has 1 spiro atoms. The van der Waals surface area contributed by atoms with E-state index < -0.39 is 17.1 Å². The van der Waals surface area contributed by atoms with Gasteiger partial charge in [-0.25, -0.2) is 4.98 Å². The smallest absolute Gasteiger partial charge is 0.166 e. The minimum atomic E-state index is -1.03. The number of piperidine rings is 1. The standard InChI is InChI=1S/C28H29N3O3/c1-14-2-6-17-19(10-14)30-24-18(23(17)29)12-28(33)21-11-16-5-7-20(32)25-22(16)27(28,26(24)34-25)8-9-31(21)13-15-3-4-15/h2,5-7,10,15,21,26,32-33H,3-4,8-9,11-13H2,1H3,(H2,29,30)/t21-,26-,27-,28+/m0/s1. The summed E-state index contributed by atoms with van der Waals surface area (Å²) in [5.74, 6) is 1.43. The van der Waals surface area contributed by atoms with Gasteiger partial charge in [0.1, 0.15) is 0 Å². The summed E-state index contributed by atoms with van der Waals surface area (Å²) in [6.45, 7) is 4.03. The Kier molecular flexibility index (Phi) is 3.46. The highest BCUT2D eigenvalue weighted by Gasteiger charge is 2.73. The first kappa shape index (κ1) is 19.5. The highest BCUT2D eigenvalue weighted by atomic mass is 16.5. The van der Waals surface area contributed by atoms with Crippen LogP contribution in [0.15, 0.2) is 30.3 Å². The molecule has 2 bridgehead atoms. The lowest BCUT2D eigenvalue weighted by Crippen LogP contribution is -2.74. The highest BCUT2D eigenvalue weighted by molar-refractivity contribution is 5.93. The van der Waals surface area contributed by atoms with E-state index in [0.717, 1.165) is 65.1 Å². The SMILES string of the molecule is Cc1ccc2c(N)c3c(nc2c1)[C@@H]1Oc2c(O)ccc4c2[C@@]12CCN(CC1CC1)[C@@H](C4)[C@]2(O)C3. The number of aryl methyl sites for hydroxylation is 1. The van der Waals surface area contributed by atoms with E-state index in [-0.39, 0.29) is 11.8 Å². The van der Waals surface area contributed by atoms with E-state index >= 15 is 0 Å². The predicted molar refractivity (Wildman–Crippen MR) is 129 cm³/mol. The Balaban J connectivity index is 1.42. The molecule has 0 amide bonds. The Labute approximate surface area is 198 Å². The maximum Gasteiger partial charge on any atom is 0.166 e. The fourth-order valence-electron chi connectivity index (χ4n) is 7.79. The van der Waals surface area contributed by atoms with Crippen molar-refractivity contribution in [2.24, 2.45) is 5.92 Å². The molecule has 6 nitrogen and oxygen atoms in total. The number of nitrogen functional groups attached to an aromatic ring is 1. The van der Waals surface area contributed by atoms with Gasteiger partial charge in [-0.15, -0.1) is 0 Å². The zero-order valence-corrected chi connectivity index (χ0v) is 19.3. The number of benzene rings is 2. The topological polar surface area (TPSA) is 91.8 Å². The van der Waals surface area contributed by atoms with Crippen LogP contribution in [-0.4, -0.2) is 44.8 Å². The Hall–Kier alpha value is -2.83. The summed E-state index contributed by atoms with van der Waals surface area (Å²) in [4.78, 5) is 7.65. The zero-order valence-electron chi connectivity index (χ0n) is 19.3. The quantitative estimate of drug-likeness (QED) is 0.548. The number of nitrogens with zero attached hydrogens (tertiary/aromatic N) is 2. The molecular formula is C28H29N3O3. The number of hydrogen-bond acceptors (Lipinski definition) is 6. The molecule has 174 valence electrons. The first-order chi connectivity index (χ1) is 16.4. The second-order valence-corrected chi connectivity index (χ2v) is 11.3. The summed E-state index contributed by atoms with van der Waals surface area (Å²) in [5, 5.41) is 24.6. The summed E-state index contributed by atoms with van der Waals surface area (Å²) in [7, 11) is 0. The van der Waals surface area contributed by atoms with Crippen LogP contribution in [0.5, 0.6) is 11.5 Å². The van der Waals surface area contributed by atoms with Gasteiger partial charge in [-0.3, -0.25) is 4.90 Å². The molecule has 2 aromatic carbocycles. The Morgan fingerprint density at radius 2 is 2.09 bits per heavy atom. The number of anilines is 1. The van der Waals surface area contributed by atoms with Gasteiger partial charge in [0.2, 0.25) is 0 Å².